The third kappa shape index (κ3) is 48.6. The zero-order chi connectivity index (χ0) is 51.2. The third-order valence-electron chi connectivity index (χ3n) is 15.1. The Morgan fingerprint density at radius 1 is 0.286 bits per heavy atom. The van der Waals surface area contributed by atoms with Crippen molar-refractivity contribution in [3.63, 3.8) is 0 Å². The maximum atomic E-state index is 12.9. The Hall–Kier alpha value is -1.63. The number of hydrogen-bond acceptors (Lipinski definition) is 7. The third-order valence-corrected chi connectivity index (χ3v) is 15.1. The van der Waals surface area contributed by atoms with Gasteiger partial charge in [-0.25, -0.2) is 0 Å². The Balaban J connectivity index is 4.96. The second-order valence-electron chi connectivity index (χ2n) is 22.1. The minimum Gasteiger partial charge on any atom is -0.465 e. The number of nitrogens with one attached hydrogen (secondary N) is 1. The molecule has 0 fully saturated rings. The minimum atomic E-state index is -0.0283. The predicted octanol–water partition coefficient (Wildman–Crippen LogP) is 19.5. The normalized spacial score (nSPS) is 13.3. The molecule has 0 bridgehead atoms. The molecule has 0 saturated carbocycles. The molecule has 0 heterocycles. The van der Waals surface area contributed by atoms with Crippen LogP contribution in [0.4, 0.5) is 0 Å². The summed E-state index contributed by atoms with van der Waals surface area (Å²) in [5, 5.41) is 3.87. The molecule has 7 nitrogen and oxygen atoms in total. The molecule has 1 N–H and O–H groups in total. The molecule has 0 rings (SSSR count). The van der Waals surface area contributed by atoms with Crippen LogP contribution < -0.4 is 5.32 Å². The topological polar surface area (TPSA) is 90.9 Å². The van der Waals surface area contributed by atoms with Crippen molar-refractivity contribution in [1.82, 2.24) is 5.32 Å². The molecule has 7 heteroatoms. The van der Waals surface area contributed by atoms with Gasteiger partial charge in [-0.05, 0) is 101 Å². The molecule has 0 aliphatic heterocycles. The van der Waals surface area contributed by atoms with Crippen molar-refractivity contribution in [1.29, 1.82) is 0 Å². The van der Waals surface area contributed by atoms with Gasteiger partial charge in [-0.15, -0.1) is 0 Å². The zero-order valence-corrected chi connectivity index (χ0v) is 48.1. The smallest absolute Gasteiger partial charge is 0.305 e. The van der Waals surface area contributed by atoms with Crippen molar-refractivity contribution in [2.24, 2.45) is 17.8 Å². The lowest BCUT2D eigenvalue weighted by Gasteiger charge is -2.19. The van der Waals surface area contributed by atoms with Crippen LogP contribution in [0, 0.1) is 17.8 Å². The van der Waals surface area contributed by atoms with E-state index >= 15 is 0 Å². The van der Waals surface area contributed by atoms with Crippen molar-refractivity contribution >= 4 is 17.9 Å². The van der Waals surface area contributed by atoms with E-state index in [1.165, 1.54) is 205 Å². The van der Waals surface area contributed by atoms with Gasteiger partial charge in [0, 0.05) is 25.3 Å². The van der Waals surface area contributed by atoms with E-state index < -0.39 is 0 Å². The van der Waals surface area contributed by atoms with Crippen molar-refractivity contribution in [3.8, 4) is 0 Å². The maximum absolute atomic E-state index is 12.9. The Morgan fingerprint density at radius 3 is 0.857 bits per heavy atom. The predicted molar refractivity (Wildman–Crippen MR) is 302 cm³/mol. The summed E-state index contributed by atoms with van der Waals surface area (Å²) in [6.45, 7) is 16.3. The van der Waals surface area contributed by atoms with Gasteiger partial charge < -0.3 is 19.5 Å². The number of carbonyl (C=O) groups is 3. The van der Waals surface area contributed by atoms with Crippen LogP contribution in [0.1, 0.15) is 337 Å². The molecule has 416 valence electrons. The summed E-state index contributed by atoms with van der Waals surface area (Å²) in [7, 11) is 0. The molecule has 0 amide bonds. The quantitative estimate of drug-likeness (QED) is 0.0369. The summed E-state index contributed by atoms with van der Waals surface area (Å²) in [6, 6.07) is 0.423. The Morgan fingerprint density at radius 2 is 0.529 bits per heavy atom. The van der Waals surface area contributed by atoms with E-state index in [0.29, 0.717) is 62.9 Å². The fraction of sp³-hybridized carbons (Fsp3) is 0.952. The zero-order valence-electron chi connectivity index (χ0n) is 48.1. The summed E-state index contributed by atoms with van der Waals surface area (Å²) in [5.74, 6) is 1.46. The lowest BCUT2D eigenvalue weighted by molar-refractivity contribution is -0.146. The van der Waals surface area contributed by atoms with Crippen LogP contribution in [-0.4, -0.2) is 50.3 Å². The molecule has 0 aliphatic carbocycles. The van der Waals surface area contributed by atoms with Gasteiger partial charge in [-0.1, -0.05) is 241 Å². The van der Waals surface area contributed by atoms with Gasteiger partial charge in [0.15, 0.2) is 0 Å². The maximum Gasteiger partial charge on any atom is 0.305 e. The molecule has 70 heavy (non-hydrogen) atoms. The van der Waals surface area contributed by atoms with Crippen LogP contribution in [0.5, 0.6) is 0 Å². The Kier molecular flexibility index (Phi) is 53.8. The van der Waals surface area contributed by atoms with Gasteiger partial charge in [0.25, 0.3) is 0 Å². The van der Waals surface area contributed by atoms with Crippen molar-refractivity contribution in [2.45, 2.75) is 343 Å². The van der Waals surface area contributed by atoms with E-state index in [0.717, 1.165) is 77.2 Å². The van der Waals surface area contributed by atoms with Crippen LogP contribution in [0.15, 0.2) is 0 Å². The lowest BCUT2D eigenvalue weighted by Crippen LogP contribution is -2.30. The van der Waals surface area contributed by atoms with Gasteiger partial charge >= 0.3 is 17.9 Å². The monoisotopic (exact) mass is 990 g/mol. The Labute approximate surface area is 437 Å². The number of esters is 3. The first-order valence-electron chi connectivity index (χ1n) is 31.5. The van der Waals surface area contributed by atoms with Gasteiger partial charge in [-0.2, -0.15) is 0 Å². The van der Waals surface area contributed by atoms with Crippen molar-refractivity contribution in [2.75, 3.05) is 26.4 Å². The number of unbranched alkanes of at least 4 members (excludes halogenated alkanes) is 26. The average Bonchev–Trinajstić information content (AvgIpc) is 3.36. The van der Waals surface area contributed by atoms with Crippen LogP contribution in [-0.2, 0) is 28.6 Å². The van der Waals surface area contributed by atoms with E-state index in [1.807, 2.05) is 0 Å². The summed E-state index contributed by atoms with van der Waals surface area (Å²) >= 11 is 0. The molecular formula is C63H123NO6. The fourth-order valence-corrected chi connectivity index (χ4v) is 10.2. The molecular weight excluding hydrogens is 867 g/mol. The second-order valence-corrected chi connectivity index (χ2v) is 22.1. The highest BCUT2D eigenvalue weighted by molar-refractivity contribution is 5.69. The van der Waals surface area contributed by atoms with Gasteiger partial charge in [0.2, 0.25) is 0 Å². The average molecular weight is 991 g/mol. The molecule has 3 atom stereocenters. The highest BCUT2D eigenvalue weighted by atomic mass is 16.5. The molecule has 0 saturated heterocycles. The summed E-state index contributed by atoms with van der Waals surface area (Å²) in [5.41, 5.74) is 0. The fourth-order valence-electron chi connectivity index (χ4n) is 10.2. The van der Waals surface area contributed by atoms with E-state index in [9.17, 15) is 14.4 Å². The molecule has 0 aromatic carbocycles. The number of carbonyl (C=O) groups excluding carboxylic acids is 3. The molecule has 3 unspecified atom stereocenters. The molecule has 0 aliphatic rings. The Bertz CT molecular complexity index is 1040. The van der Waals surface area contributed by atoms with Crippen molar-refractivity contribution in [3.05, 3.63) is 0 Å². The van der Waals surface area contributed by atoms with E-state index in [-0.39, 0.29) is 17.9 Å². The minimum absolute atomic E-state index is 0.0161. The highest BCUT2D eigenvalue weighted by Crippen LogP contribution is 2.23. The van der Waals surface area contributed by atoms with Gasteiger partial charge in [-0.3, -0.25) is 14.4 Å². The van der Waals surface area contributed by atoms with E-state index in [4.69, 9.17) is 14.2 Å². The summed E-state index contributed by atoms with van der Waals surface area (Å²) in [4.78, 5) is 38.4. The number of ether oxygens (including phenoxy) is 3. The van der Waals surface area contributed by atoms with Crippen molar-refractivity contribution < 1.29 is 28.6 Å². The summed E-state index contributed by atoms with van der Waals surface area (Å²) < 4.78 is 17.6. The van der Waals surface area contributed by atoms with E-state index in [2.05, 4.69) is 46.9 Å². The molecule has 0 aromatic rings. The standard InChI is InChI=1S/C63H123NO6/c1-7-13-19-24-26-34-46-58(44-32-22-16-10-4)55-69-61(65)50-38-28-36-48-60(64-53-41-30-40-52-63(67)68-54-57(42-18-12-6)43-31-21-15-9-3)49-37-29-39-51-62(66)70-56-59(45-33-23-17-11-5)47-35-27-25-20-14-8-2/h57-60,64H,7-56H2,1-6H3. The first kappa shape index (κ1) is 68.4. The number of rotatable bonds is 57. The number of hydrogen-bond donors (Lipinski definition) is 1. The van der Waals surface area contributed by atoms with Gasteiger partial charge in [0.05, 0.1) is 19.8 Å². The first-order valence-corrected chi connectivity index (χ1v) is 31.5. The molecule has 0 spiro atoms. The van der Waals surface area contributed by atoms with Gasteiger partial charge in [0.1, 0.15) is 0 Å². The largest absolute Gasteiger partial charge is 0.465 e. The molecule has 0 aromatic heterocycles. The first-order chi connectivity index (χ1) is 34.3. The lowest BCUT2D eigenvalue weighted by atomic mass is 9.95. The molecule has 0 radical (unpaired) electrons. The highest BCUT2D eigenvalue weighted by Gasteiger charge is 2.16. The summed E-state index contributed by atoms with van der Waals surface area (Å²) in [6.07, 6.45) is 53.2. The second kappa shape index (κ2) is 55.1. The van der Waals surface area contributed by atoms with Crippen LogP contribution in [0.3, 0.4) is 0 Å². The SMILES string of the molecule is CCCCCCCCC(CCCCCC)COC(=O)CCCCCC(CCCCCC(=O)OCC(CCCCCC)CCCCCCCC)NCCCCCC(=O)OCC(CCCC)CCCCCC. The van der Waals surface area contributed by atoms with Crippen LogP contribution in [0.2, 0.25) is 0 Å². The van der Waals surface area contributed by atoms with Crippen LogP contribution in [0.25, 0.3) is 0 Å². The van der Waals surface area contributed by atoms with Crippen LogP contribution >= 0.6 is 0 Å². The van der Waals surface area contributed by atoms with E-state index in [1.54, 1.807) is 0 Å².